The number of carboxylic acid groups (broad SMARTS) is 1. The number of halogens is 1. The van der Waals surface area contributed by atoms with Crippen LogP contribution in [0.25, 0.3) is 0 Å². The molecule has 2 aromatic carbocycles. The van der Waals surface area contributed by atoms with Gasteiger partial charge in [0.1, 0.15) is 17.1 Å². The zero-order chi connectivity index (χ0) is 13.1. The first-order valence-electron chi connectivity index (χ1n) is 5.34. The van der Waals surface area contributed by atoms with Crippen LogP contribution in [0.15, 0.2) is 42.5 Å². The standard InChI is InChI=1S/C14H11ClO3/c1-9-8-10(15)6-7-12(9)18-13-5-3-2-4-11(13)14(16)17/h2-8H,1H3,(H,16,17). The molecule has 0 aliphatic carbocycles. The molecule has 0 atom stereocenters. The van der Waals surface area contributed by atoms with Crippen molar-refractivity contribution < 1.29 is 14.6 Å². The minimum Gasteiger partial charge on any atom is -0.478 e. The Morgan fingerprint density at radius 3 is 2.56 bits per heavy atom. The maximum atomic E-state index is 11.0. The van der Waals surface area contributed by atoms with E-state index < -0.39 is 5.97 Å². The van der Waals surface area contributed by atoms with E-state index in [-0.39, 0.29) is 5.56 Å². The molecule has 0 heterocycles. The average Bonchev–Trinajstić information content (AvgIpc) is 2.33. The van der Waals surface area contributed by atoms with Gasteiger partial charge >= 0.3 is 5.97 Å². The van der Waals surface area contributed by atoms with Crippen LogP contribution in [0.3, 0.4) is 0 Å². The number of benzene rings is 2. The highest BCUT2D eigenvalue weighted by Gasteiger charge is 2.11. The Labute approximate surface area is 110 Å². The third kappa shape index (κ3) is 2.63. The molecule has 0 amide bonds. The van der Waals surface area contributed by atoms with Crippen LogP contribution in [0.5, 0.6) is 11.5 Å². The molecule has 0 saturated carbocycles. The third-order valence-corrected chi connectivity index (χ3v) is 2.71. The Hall–Kier alpha value is -2.00. The van der Waals surface area contributed by atoms with E-state index in [0.29, 0.717) is 16.5 Å². The summed E-state index contributed by atoms with van der Waals surface area (Å²) in [6, 6.07) is 11.7. The topological polar surface area (TPSA) is 46.5 Å². The molecule has 2 aromatic rings. The van der Waals surface area contributed by atoms with Crippen molar-refractivity contribution >= 4 is 17.6 Å². The highest BCUT2D eigenvalue weighted by molar-refractivity contribution is 6.30. The summed E-state index contributed by atoms with van der Waals surface area (Å²) >= 11 is 5.85. The molecule has 0 spiro atoms. The maximum absolute atomic E-state index is 11.0. The predicted molar refractivity (Wildman–Crippen MR) is 69.7 cm³/mol. The molecule has 3 nitrogen and oxygen atoms in total. The molecule has 92 valence electrons. The molecule has 0 bridgehead atoms. The van der Waals surface area contributed by atoms with E-state index in [2.05, 4.69) is 0 Å². The smallest absolute Gasteiger partial charge is 0.339 e. The minimum atomic E-state index is -1.02. The summed E-state index contributed by atoms with van der Waals surface area (Å²) in [6.07, 6.45) is 0. The number of ether oxygens (including phenoxy) is 1. The first-order valence-corrected chi connectivity index (χ1v) is 5.72. The van der Waals surface area contributed by atoms with Gasteiger partial charge in [-0.15, -0.1) is 0 Å². The van der Waals surface area contributed by atoms with E-state index in [9.17, 15) is 4.79 Å². The van der Waals surface area contributed by atoms with Crippen LogP contribution in [0, 0.1) is 6.92 Å². The Balaban J connectivity index is 2.37. The number of aromatic carboxylic acids is 1. The largest absolute Gasteiger partial charge is 0.478 e. The van der Waals surface area contributed by atoms with E-state index in [1.54, 1.807) is 36.4 Å². The lowest BCUT2D eigenvalue weighted by Crippen LogP contribution is -2.00. The molecule has 0 radical (unpaired) electrons. The summed E-state index contributed by atoms with van der Waals surface area (Å²) in [4.78, 5) is 11.0. The Kier molecular flexibility index (Phi) is 3.53. The second kappa shape index (κ2) is 5.10. The summed E-state index contributed by atoms with van der Waals surface area (Å²) in [5.74, 6) is -0.110. The van der Waals surface area contributed by atoms with E-state index in [1.165, 1.54) is 6.07 Å². The normalized spacial score (nSPS) is 10.1. The van der Waals surface area contributed by atoms with Crippen molar-refractivity contribution in [2.24, 2.45) is 0 Å². The van der Waals surface area contributed by atoms with E-state index in [0.717, 1.165) is 5.56 Å². The van der Waals surface area contributed by atoms with Gasteiger partial charge in [-0.2, -0.15) is 0 Å². The van der Waals surface area contributed by atoms with E-state index in [1.807, 2.05) is 6.92 Å². The molecule has 0 aliphatic heterocycles. The molecule has 18 heavy (non-hydrogen) atoms. The molecule has 1 N–H and O–H groups in total. The van der Waals surface area contributed by atoms with Crippen molar-refractivity contribution in [3.8, 4) is 11.5 Å². The first kappa shape index (κ1) is 12.5. The van der Waals surface area contributed by atoms with Gasteiger partial charge in [-0.3, -0.25) is 0 Å². The monoisotopic (exact) mass is 262 g/mol. The van der Waals surface area contributed by atoms with Crippen LogP contribution in [-0.4, -0.2) is 11.1 Å². The van der Waals surface area contributed by atoms with Crippen LogP contribution in [0.4, 0.5) is 0 Å². The quantitative estimate of drug-likeness (QED) is 0.904. The number of hydrogen-bond donors (Lipinski definition) is 1. The predicted octanol–water partition coefficient (Wildman–Crippen LogP) is 4.14. The number of hydrogen-bond acceptors (Lipinski definition) is 2. The van der Waals surface area contributed by atoms with Gasteiger partial charge in [-0.1, -0.05) is 23.7 Å². The summed E-state index contributed by atoms with van der Waals surface area (Å²) in [5.41, 5.74) is 0.981. The second-order valence-corrected chi connectivity index (χ2v) is 4.25. The second-order valence-electron chi connectivity index (χ2n) is 3.81. The summed E-state index contributed by atoms with van der Waals surface area (Å²) < 4.78 is 5.62. The van der Waals surface area contributed by atoms with E-state index in [4.69, 9.17) is 21.4 Å². The molecular formula is C14H11ClO3. The van der Waals surface area contributed by atoms with Gasteiger partial charge in [0.05, 0.1) is 0 Å². The van der Waals surface area contributed by atoms with Crippen molar-refractivity contribution in [2.75, 3.05) is 0 Å². The third-order valence-electron chi connectivity index (χ3n) is 2.47. The summed E-state index contributed by atoms with van der Waals surface area (Å²) in [5, 5.41) is 9.67. The lowest BCUT2D eigenvalue weighted by atomic mass is 10.2. The lowest BCUT2D eigenvalue weighted by Gasteiger charge is -2.10. The van der Waals surface area contributed by atoms with Crippen molar-refractivity contribution in [1.29, 1.82) is 0 Å². The van der Waals surface area contributed by atoms with Crippen LogP contribution in [0.1, 0.15) is 15.9 Å². The first-order chi connectivity index (χ1) is 8.58. The average molecular weight is 263 g/mol. The van der Waals surface area contributed by atoms with Crippen LogP contribution in [-0.2, 0) is 0 Å². The Bertz CT molecular complexity index is 593. The van der Waals surface area contributed by atoms with Crippen molar-refractivity contribution in [3.63, 3.8) is 0 Å². The fourth-order valence-electron chi connectivity index (χ4n) is 1.58. The molecule has 0 aliphatic rings. The number of para-hydroxylation sites is 1. The number of carbonyl (C=O) groups is 1. The Morgan fingerprint density at radius 2 is 1.89 bits per heavy atom. The van der Waals surface area contributed by atoms with Crippen molar-refractivity contribution in [1.82, 2.24) is 0 Å². The maximum Gasteiger partial charge on any atom is 0.339 e. The van der Waals surface area contributed by atoms with Gasteiger partial charge in [0.15, 0.2) is 0 Å². The fraction of sp³-hybridized carbons (Fsp3) is 0.0714. The summed E-state index contributed by atoms with van der Waals surface area (Å²) in [7, 11) is 0. The van der Waals surface area contributed by atoms with Gasteiger partial charge in [-0.25, -0.2) is 4.79 Å². The van der Waals surface area contributed by atoms with Crippen LogP contribution >= 0.6 is 11.6 Å². The molecule has 0 saturated heterocycles. The number of rotatable bonds is 3. The number of aryl methyl sites for hydroxylation is 1. The molecule has 0 aromatic heterocycles. The highest BCUT2D eigenvalue weighted by atomic mass is 35.5. The van der Waals surface area contributed by atoms with Crippen molar-refractivity contribution in [3.05, 3.63) is 58.6 Å². The zero-order valence-corrected chi connectivity index (χ0v) is 10.4. The highest BCUT2D eigenvalue weighted by Crippen LogP contribution is 2.29. The van der Waals surface area contributed by atoms with Crippen LogP contribution in [0.2, 0.25) is 5.02 Å². The van der Waals surface area contributed by atoms with Gasteiger partial charge in [0.2, 0.25) is 0 Å². The van der Waals surface area contributed by atoms with Gasteiger partial charge < -0.3 is 9.84 Å². The number of carboxylic acids is 1. The lowest BCUT2D eigenvalue weighted by molar-refractivity contribution is 0.0694. The molecule has 2 rings (SSSR count). The Morgan fingerprint density at radius 1 is 1.17 bits per heavy atom. The minimum absolute atomic E-state index is 0.131. The molecule has 4 heteroatoms. The molecule has 0 fully saturated rings. The molecule has 0 unspecified atom stereocenters. The summed E-state index contributed by atoms with van der Waals surface area (Å²) in [6.45, 7) is 1.85. The zero-order valence-electron chi connectivity index (χ0n) is 9.68. The molecular weight excluding hydrogens is 252 g/mol. The van der Waals surface area contributed by atoms with Crippen LogP contribution < -0.4 is 4.74 Å². The van der Waals surface area contributed by atoms with Gasteiger partial charge in [0.25, 0.3) is 0 Å². The SMILES string of the molecule is Cc1cc(Cl)ccc1Oc1ccccc1C(=O)O. The van der Waals surface area contributed by atoms with E-state index >= 15 is 0 Å². The van der Waals surface area contributed by atoms with Crippen molar-refractivity contribution in [2.45, 2.75) is 6.92 Å². The van der Waals surface area contributed by atoms with Gasteiger partial charge in [0, 0.05) is 5.02 Å². The van der Waals surface area contributed by atoms with Gasteiger partial charge in [-0.05, 0) is 42.8 Å². The fourth-order valence-corrected chi connectivity index (χ4v) is 1.80.